The van der Waals surface area contributed by atoms with Crippen LogP contribution in [0.1, 0.15) is 29.2 Å². The maximum Gasteiger partial charge on any atom is 0.105 e. The van der Waals surface area contributed by atoms with Gasteiger partial charge in [-0.25, -0.2) is 0 Å². The van der Waals surface area contributed by atoms with Crippen molar-refractivity contribution in [3.8, 4) is 6.07 Å². The van der Waals surface area contributed by atoms with Crippen molar-refractivity contribution in [3.05, 3.63) is 34.9 Å². The van der Waals surface area contributed by atoms with Gasteiger partial charge in [-0.2, -0.15) is 5.26 Å². The molecule has 17 heavy (non-hydrogen) atoms. The highest BCUT2D eigenvalue weighted by Crippen LogP contribution is 2.25. The predicted molar refractivity (Wildman–Crippen MR) is 70.1 cm³/mol. The summed E-state index contributed by atoms with van der Waals surface area (Å²) in [5, 5.41) is 29.1. The second-order valence-corrected chi connectivity index (χ2v) is 4.59. The summed E-state index contributed by atoms with van der Waals surface area (Å²) < 4.78 is 0. The predicted octanol–water partition coefficient (Wildman–Crippen LogP) is 2.48. The molecule has 2 N–H and O–H groups in total. The third kappa shape index (κ3) is 3.68. The molecule has 1 aromatic carbocycles. The van der Waals surface area contributed by atoms with E-state index in [1.165, 1.54) is 0 Å². The molecule has 0 heterocycles. The maximum absolute atomic E-state index is 10.0. The summed E-state index contributed by atoms with van der Waals surface area (Å²) in [5.41, 5.74) is 1.88. The van der Waals surface area contributed by atoms with E-state index in [4.69, 9.17) is 16.9 Å². The minimum absolute atomic E-state index is 0.278. The molecule has 1 aromatic rings. The highest BCUT2D eigenvalue weighted by molar-refractivity contribution is 9.08. The van der Waals surface area contributed by atoms with Gasteiger partial charge in [-0.05, 0) is 29.7 Å². The standard InChI is InChI=1S/C12H13BrClNO2/c13-6-9-2-1-8(7-15)5-10(9)12(17)11(16)3-4-14/h1-2,5,11-12,16-17H,3-4,6H2. The van der Waals surface area contributed by atoms with Gasteiger partial charge >= 0.3 is 0 Å². The van der Waals surface area contributed by atoms with E-state index in [2.05, 4.69) is 15.9 Å². The van der Waals surface area contributed by atoms with Gasteiger partial charge in [0.05, 0.1) is 17.7 Å². The molecule has 0 amide bonds. The van der Waals surface area contributed by atoms with Crippen molar-refractivity contribution >= 4 is 27.5 Å². The van der Waals surface area contributed by atoms with Gasteiger partial charge in [0, 0.05) is 11.2 Å². The number of nitriles is 1. The van der Waals surface area contributed by atoms with Crippen molar-refractivity contribution in [1.29, 1.82) is 5.26 Å². The van der Waals surface area contributed by atoms with Crippen molar-refractivity contribution in [2.75, 3.05) is 5.88 Å². The first-order valence-corrected chi connectivity index (χ1v) is 6.80. The van der Waals surface area contributed by atoms with Crippen LogP contribution in [0.3, 0.4) is 0 Å². The Morgan fingerprint density at radius 3 is 2.65 bits per heavy atom. The highest BCUT2D eigenvalue weighted by atomic mass is 79.9. The number of rotatable bonds is 5. The molecule has 0 bridgehead atoms. The van der Waals surface area contributed by atoms with Gasteiger partial charge in [0.2, 0.25) is 0 Å². The first-order chi connectivity index (χ1) is 8.13. The molecule has 0 fully saturated rings. The minimum atomic E-state index is -1.02. The lowest BCUT2D eigenvalue weighted by Crippen LogP contribution is -2.20. The number of nitrogens with zero attached hydrogens (tertiary/aromatic N) is 1. The second kappa shape index (κ2) is 6.97. The Morgan fingerprint density at radius 1 is 1.41 bits per heavy atom. The molecular weight excluding hydrogens is 305 g/mol. The average Bonchev–Trinajstić information content (AvgIpc) is 2.37. The van der Waals surface area contributed by atoms with Crippen molar-refractivity contribution in [3.63, 3.8) is 0 Å². The van der Waals surface area contributed by atoms with Crippen molar-refractivity contribution in [1.82, 2.24) is 0 Å². The molecule has 1 rings (SSSR count). The van der Waals surface area contributed by atoms with Gasteiger partial charge < -0.3 is 10.2 Å². The SMILES string of the molecule is N#Cc1ccc(CBr)c(C(O)C(O)CCCl)c1. The zero-order valence-corrected chi connectivity index (χ0v) is 11.4. The topological polar surface area (TPSA) is 64.2 Å². The number of benzene rings is 1. The third-order valence-electron chi connectivity index (χ3n) is 2.51. The molecule has 0 aliphatic rings. The molecule has 5 heteroatoms. The van der Waals surface area contributed by atoms with Gasteiger partial charge in [0.15, 0.2) is 0 Å². The van der Waals surface area contributed by atoms with E-state index in [1.54, 1.807) is 18.2 Å². The Hall–Kier alpha value is -0.600. The van der Waals surface area contributed by atoms with Gasteiger partial charge in [-0.1, -0.05) is 22.0 Å². The zero-order valence-electron chi connectivity index (χ0n) is 9.11. The van der Waals surface area contributed by atoms with E-state index in [1.807, 2.05) is 6.07 Å². The van der Waals surface area contributed by atoms with Crippen LogP contribution in [0, 0.1) is 11.3 Å². The molecule has 0 aromatic heterocycles. The highest BCUT2D eigenvalue weighted by Gasteiger charge is 2.20. The fourth-order valence-corrected chi connectivity index (χ4v) is 2.27. The molecular formula is C12H13BrClNO2. The van der Waals surface area contributed by atoms with Crippen LogP contribution in [-0.4, -0.2) is 22.2 Å². The van der Waals surface area contributed by atoms with Gasteiger partial charge in [-0.15, -0.1) is 11.6 Å². The molecule has 2 atom stereocenters. The monoisotopic (exact) mass is 317 g/mol. The lowest BCUT2D eigenvalue weighted by Gasteiger charge is -2.19. The van der Waals surface area contributed by atoms with Gasteiger partial charge in [0.25, 0.3) is 0 Å². The molecule has 2 unspecified atom stereocenters. The fourth-order valence-electron chi connectivity index (χ4n) is 1.54. The molecule has 0 spiro atoms. The Morgan fingerprint density at radius 2 is 2.12 bits per heavy atom. The number of halogens is 2. The Kier molecular flexibility index (Phi) is 5.93. The van der Waals surface area contributed by atoms with Crippen LogP contribution in [0.2, 0.25) is 0 Å². The largest absolute Gasteiger partial charge is 0.390 e. The normalized spacial score (nSPS) is 14.1. The number of hydrogen-bond donors (Lipinski definition) is 2. The Balaban J connectivity index is 3.05. The molecule has 3 nitrogen and oxygen atoms in total. The first kappa shape index (κ1) is 14.5. The first-order valence-electron chi connectivity index (χ1n) is 5.15. The van der Waals surface area contributed by atoms with Gasteiger partial charge in [0.1, 0.15) is 6.10 Å². The van der Waals surface area contributed by atoms with Crippen LogP contribution in [0.4, 0.5) is 0 Å². The summed E-state index contributed by atoms with van der Waals surface area (Å²) in [7, 11) is 0. The summed E-state index contributed by atoms with van der Waals surface area (Å²) in [6.45, 7) is 0. The summed E-state index contributed by atoms with van der Waals surface area (Å²) in [4.78, 5) is 0. The summed E-state index contributed by atoms with van der Waals surface area (Å²) >= 11 is 8.84. The number of hydrogen-bond acceptors (Lipinski definition) is 3. The Bertz CT molecular complexity index is 419. The molecule has 0 saturated heterocycles. The molecule has 92 valence electrons. The van der Waals surface area contributed by atoms with E-state index in [0.29, 0.717) is 22.9 Å². The molecule has 0 saturated carbocycles. The number of aliphatic hydroxyl groups is 2. The fraction of sp³-hybridized carbons (Fsp3) is 0.417. The van der Waals surface area contributed by atoms with Crippen molar-refractivity contribution < 1.29 is 10.2 Å². The summed E-state index contributed by atoms with van der Waals surface area (Å²) in [6.07, 6.45) is -1.63. The van der Waals surface area contributed by atoms with Crippen LogP contribution in [-0.2, 0) is 5.33 Å². The van der Waals surface area contributed by atoms with E-state index < -0.39 is 12.2 Å². The van der Waals surface area contributed by atoms with Crippen LogP contribution in [0.5, 0.6) is 0 Å². The lowest BCUT2D eigenvalue weighted by molar-refractivity contribution is 0.0166. The lowest BCUT2D eigenvalue weighted by atomic mass is 9.96. The molecule has 0 aliphatic heterocycles. The van der Waals surface area contributed by atoms with Crippen LogP contribution in [0.25, 0.3) is 0 Å². The van der Waals surface area contributed by atoms with Crippen molar-refractivity contribution in [2.45, 2.75) is 24.0 Å². The minimum Gasteiger partial charge on any atom is -0.390 e. The van der Waals surface area contributed by atoms with Crippen LogP contribution < -0.4 is 0 Å². The zero-order chi connectivity index (χ0) is 12.8. The quantitative estimate of drug-likeness (QED) is 0.820. The van der Waals surface area contributed by atoms with E-state index in [9.17, 15) is 10.2 Å². The summed E-state index contributed by atoms with van der Waals surface area (Å²) in [6, 6.07) is 7.05. The number of aliphatic hydroxyl groups excluding tert-OH is 2. The maximum atomic E-state index is 10.0. The van der Waals surface area contributed by atoms with E-state index in [0.717, 1.165) is 5.56 Å². The molecule has 0 radical (unpaired) electrons. The Labute approximate surface area is 114 Å². The summed E-state index contributed by atoms with van der Waals surface area (Å²) in [5.74, 6) is 0.278. The third-order valence-corrected chi connectivity index (χ3v) is 3.33. The molecule has 0 aliphatic carbocycles. The van der Waals surface area contributed by atoms with Gasteiger partial charge in [-0.3, -0.25) is 0 Å². The van der Waals surface area contributed by atoms with E-state index in [-0.39, 0.29) is 5.88 Å². The van der Waals surface area contributed by atoms with E-state index >= 15 is 0 Å². The second-order valence-electron chi connectivity index (χ2n) is 3.65. The van der Waals surface area contributed by atoms with Crippen molar-refractivity contribution in [2.24, 2.45) is 0 Å². The number of alkyl halides is 2. The van der Waals surface area contributed by atoms with Crippen LogP contribution in [0.15, 0.2) is 18.2 Å². The van der Waals surface area contributed by atoms with Crippen LogP contribution >= 0.6 is 27.5 Å². The smallest absolute Gasteiger partial charge is 0.105 e. The average molecular weight is 319 g/mol.